The fourth-order valence-electron chi connectivity index (χ4n) is 4.07. The van der Waals surface area contributed by atoms with Crippen LogP contribution in [0.1, 0.15) is 26.3 Å². The number of likely N-dealkylation sites (N-methyl/N-ethyl adjacent to an activating group) is 1. The van der Waals surface area contributed by atoms with Crippen LogP contribution in [0.3, 0.4) is 0 Å². The predicted octanol–water partition coefficient (Wildman–Crippen LogP) is 3.94. The SMILES string of the molecule is COC(=O)Cc1cccc(NC(=O)NCC(=O)N(CC(=O)OC(C)(C)C)c2ccccc2OCC(=O)N(C)c2ccccc2)c1. The van der Waals surface area contributed by atoms with Crippen LogP contribution in [0.25, 0.3) is 0 Å². The van der Waals surface area contributed by atoms with Gasteiger partial charge in [0, 0.05) is 18.4 Å². The molecule has 0 unspecified atom stereocenters. The number of anilines is 3. The van der Waals surface area contributed by atoms with E-state index in [9.17, 15) is 24.0 Å². The van der Waals surface area contributed by atoms with Crippen molar-refractivity contribution >= 4 is 46.8 Å². The largest absolute Gasteiger partial charge is 0.482 e. The number of para-hydroxylation sites is 3. The molecule has 0 heterocycles. The Morgan fingerprint density at radius 1 is 0.822 bits per heavy atom. The first-order valence-electron chi connectivity index (χ1n) is 14.1. The first kappa shape index (κ1) is 34.1. The van der Waals surface area contributed by atoms with Gasteiger partial charge in [0.25, 0.3) is 5.91 Å². The maximum absolute atomic E-state index is 13.5. The van der Waals surface area contributed by atoms with Crippen molar-refractivity contribution < 1.29 is 38.2 Å². The molecule has 12 nitrogen and oxygen atoms in total. The van der Waals surface area contributed by atoms with Gasteiger partial charge in [0.05, 0.1) is 25.8 Å². The molecular weight excluding hydrogens is 580 g/mol. The molecule has 0 saturated carbocycles. The molecule has 0 spiro atoms. The third-order valence-electron chi connectivity index (χ3n) is 6.19. The summed E-state index contributed by atoms with van der Waals surface area (Å²) >= 11 is 0. The standard InChI is InChI=1S/C33H38N4O8/c1-33(2,3)45-31(41)21-37(28(38)20-34-32(42)35-24-13-11-12-23(18-24)19-30(40)43-5)26-16-9-10-17-27(26)44-22-29(39)36(4)25-14-7-6-8-15-25/h6-18H,19-22H2,1-5H3,(H2,34,35,42). The summed E-state index contributed by atoms with van der Waals surface area (Å²) in [5, 5.41) is 5.11. The molecule has 3 rings (SSSR count). The van der Waals surface area contributed by atoms with Gasteiger partial charge in [-0.2, -0.15) is 0 Å². The second-order valence-corrected chi connectivity index (χ2v) is 10.9. The van der Waals surface area contributed by atoms with E-state index < -0.39 is 42.6 Å². The van der Waals surface area contributed by atoms with E-state index in [4.69, 9.17) is 9.47 Å². The molecule has 0 saturated heterocycles. The van der Waals surface area contributed by atoms with Gasteiger partial charge >= 0.3 is 18.0 Å². The van der Waals surface area contributed by atoms with Crippen LogP contribution in [-0.2, 0) is 35.1 Å². The summed E-state index contributed by atoms with van der Waals surface area (Å²) in [6, 6.07) is 21.4. The molecule has 0 atom stereocenters. The van der Waals surface area contributed by atoms with Crippen molar-refractivity contribution in [2.24, 2.45) is 0 Å². The number of benzene rings is 3. The fraction of sp³-hybridized carbons (Fsp3) is 0.303. The van der Waals surface area contributed by atoms with Crippen LogP contribution >= 0.6 is 0 Å². The zero-order chi connectivity index (χ0) is 33.0. The van der Waals surface area contributed by atoms with E-state index in [1.54, 1.807) is 88.5 Å². The summed E-state index contributed by atoms with van der Waals surface area (Å²) in [5.74, 6) is -1.91. The summed E-state index contributed by atoms with van der Waals surface area (Å²) in [6.07, 6.45) is 0.0291. The number of methoxy groups -OCH3 is 1. The van der Waals surface area contributed by atoms with Gasteiger partial charge in [0.1, 0.15) is 17.9 Å². The van der Waals surface area contributed by atoms with E-state index in [-0.39, 0.29) is 30.4 Å². The van der Waals surface area contributed by atoms with Crippen molar-refractivity contribution in [2.45, 2.75) is 32.8 Å². The van der Waals surface area contributed by atoms with Crippen LogP contribution in [0.2, 0.25) is 0 Å². The predicted molar refractivity (Wildman–Crippen MR) is 169 cm³/mol. The average molecular weight is 619 g/mol. The quantitative estimate of drug-likeness (QED) is 0.291. The van der Waals surface area contributed by atoms with Crippen molar-refractivity contribution in [3.8, 4) is 5.75 Å². The van der Waals surface area contributed by atoms with E-state index in [2.05, 4.69) is 15.4 Å². The molecule has 4 amide bonds. The Kier molecular flexibility index (Phi) is 12.0. The second kappa shape index (κ2) is 15.9. The number of amides is 4. The Morgan fingerprint density at radius 3 is 2.20 bits per heavy atom. The summed E-state index contributed by atoms with van der Waals surface area (Å²) in [5.41, 5.74) is 1.11. The lowest BCUT2D eigenvalue weighted by molar-refractivity contribution is -0.153. The number of nitrogens with zero attached hydrogens (tertiary/aromatic N) is 2. The maximum Gasteiger partial charge on any atom is 0.326 e. The first-order valence-corrected chi connectivity index (χ1v) is 14.1. The normalized spacial score (nSPS) is 10.7. The lowest BCUT2D eigenvalue weighted by atomic mass is 10.1. The topological polar surface area (TPSA) is 144 Å². The maximum atomic E-state index is 13.5. The molecule has 0 bridgehead atoms. The number of hydrogen-bond acceptors (Lipinski definition) is 8. The molecule has 3 aromatic rings. The number of hydrogen-bond donors (Lipinski definition) is 2. The Bertz CT molecular complexity index is 1500. The number of rotatable bonds is 12. The molecule has 0 aromatic heterocycles. The molecule has 0 aliphatic rings. The Labute approximate surface area is 262 Å². The van der Waals surface area contributed by atoms with Gasteiger partial charge in [-0.05, 0) is 62.7 Å². The molecule has 12 heteroatoms. The van der Waals surface area contributed by atoms with E-state index in [1.165, 1.54) is 12.0 Å². The summed E-state index contributed by atoms with van der Waals surface area (Å²) < 4.78 is 16.0. The average Bonchev–Trinajstić information content (AvgIpc) is 3.00. The van der Waals surface area contributed by atoms with Crippen LogP contribution in [-0.4, -0.2) is 69.2 Å². The molecule has 0 aliphatic carbocycles. The first-order chi connectivity index (χ1) is 21.4. The Balaban J connectivity index is 1.74. The molecule has 0 radical (unpaired) electrons. The zero-order valence-electron chi connectivity index (χ0n) is 26.0. The zero-order valence-corrected chi connectivity index (χ0v) is 26.0. The second-order valence-electron chi connectivity index (χ2n) is 10.9. The van der Waals surface area contributed by atoms with Crippen molar-refractivity contribution in [1.82, 2.24) is 5.32 Å². The highest BCUT2D eigenvalue weighted by Crippen LogP contribution is 2.29. The molecule has 2 N–H and O–H groups in total. The number of ether oxygens (including phenoxy) is 3. The number of urea groups is 1. The van der Waals surface area contributed by atoms with E-state index in [0.717, 1.165) is 4.90 Å². The van der Waals surface area contributed by atoms with Gasteiger partial charge in [-0.25, -0.2) is 4.79 Å². The minimum Gasteiger partial charge on any atom is -0.482 e. The van der Waals surface area contributed by atoms with Crippen LogP contribution in [0.4, 0.5) is 21.9 Å². The van der Waals surface area contributed by atoms with Crippen molar-refractivity contribution in [3.05, 3.63) is 84.4 Å². The van der Waals surface area contributed by atoms with Crippen molar-refractivity contribution in [2.75, 3.05) is 49.0 Å². The van der Waals surface area contributed by atoms with Gasteiger partial charge < -0.3 is 29.7 Å². The third-order valence-corrected chi connectivity index (χ3v) is 6.19. The Morgan fingerprint density at radius 2 is 1.51 bits per heavy atom. The van der Waals surface area contributed by atoms with Crippen LogP contribution in [0, 0.1) is 0 Å². The molecule has 3 aromatic carbocycles. The highest BCUT2D eigenvalue weighted by molar-refractivity contribution is 6.02. The fourth-order valence-corrected chi connectivity index (χ4v) is 4.07. The minimum absolute atomic E-state index is 0.0291. The summed E-state index contributed by atoms with van der Waals surface area (Å²) in [6.45, 7) is 3.80. The van der Waals surface area contributed by atoms with Crippen LogP contribution in [0.15, 0.2) is 78.9 Å². The molecule has 0 aliphatic heterocycles. The number of carbonyl (C=O) groups excluding carboxylic acids is 5. The van der Waals surface area contributed by atoms with E-state index in [1.807, 2.05) is 18.2 Å². The smallest absolute Gasteiger partial charge is 0.326 e. The number of carbonyl (C=O) groups is 5. The monoisotopic (exact) mass is 618 g/mol. The van der Waals surface area contributed by atoms with Gasteiger partial charge in [-0.1, -0.05) is 42.5 Å². The summed E-state index contributed by atoms with van der Waals surface area (Å²) in [7, 11) is 2.91. The van der Waals surface area contributed by atoms with Gasteiger partial charge in [-0.3, -0.25) is 24.1 Å². The van der Waals surface area contributed by atoms with Crippen LogP contribution in [0.5, 0.6) is 5.75 Å². The summed E-state index contributed by atoms with van der Waals surface area (Å²) in [4.78, 5) is 66.0. The van der Waals surface area contributed by atoms with E-state index >= 15 is 0 Å². The van der Waals surface area contributed by atoms with Crippen LogP contribution < -0.4 is 25.2 Å². The molecular formula is C33H38N4O8. The minimum atomic E-state index is -0.809. The number of nitrogens with one attached hydrogen (secondary N) is 2. The third kappa shape index (κ3) is 11.0. The van der Waals surface area contributed by atoms with Gasteiger partial charge in [-0.15, -0.1) is 0 Å². The van der Waals surface area contributed by atoms with Crippen molar-refractivity contribution in [3.63, 3.8) is 0 Å². The number of esters is 2. The van der Waals surface area contributed by atoms with E-state index in [0.29, 0.717) is 16.9 Å². The van der Waals surface area contributed by atoms with Gasteiger partial charge in [0.2, 0.25) is 5.91 Å². The van der Waals surface area contributed by atoms with Crippen molar-refractivity contribution in [1.29, 1.82) is 0 Å². The molecule has 0 fully saturated rings. The molecule has 45 heavy (non-hydrogen) atoms. The van der Waals surface area contributed by atoms with Gasteiger partial charge in [0.15, 0.2) is 6.61 Å². The Hall–Kier alpha value is -5.39. The lowest BCUT2D eigenvalue weighted by Crippen LogP contribution is -2.45. The highest BCUT2D eigenvalue weighted by atomic mass is 16.6. The molecule has 238 valence electrons. The highest BCUT2D eigenvalue weighted by Gasteiger charge is 2.26. The lowest BCUT2D eigenvalue weighted by Gasteiger charge is -2.27.